The summed E-state index contributed by atoms with van der Waals surface area (Å²) in [4.78, 5) is 22.2. The van der Waals surface area contributed by atoms with Crippen molar-refractivity contribution in [3.05, 3.63) is 69.8 Å². The highest BCUT2D eigenvalue weighted by Crippen LogP contribution is 2.15. The van der Waals surface area contributed by atoms with Crippen molar-refractivity contribution >= 4 is 22.9 Å². The van der Waals surface area contributed by atoms with Gasteiger partial charge in [0.25, 0.3) is 5.69 Å². The smallest absolute Gasteiger partial charge is 0.269 e. The Morgan fingerprint density at radius 2 is 1.78 bits per heavy atom. The van der Waals surface area contributed by atoms with Crippen LogP contribution in [0.15, 0.2) is 53.6 Å². The van der Waals surface area contributed by atoms with Crippen LogP contribution in [0.4, 0.5) is 11.4 Å². The molecule has 0 aliphatic carbocycles. The van der Waals surface area contributed by atoms with E-state index in [2.05, 4.69) is 10.5 Å². The van der Waals surface area contributed by atoms with Gasteiger partial charge < -0.3 is 0 Å². The highest BCUT2D eigenvalue weighted by molar-refractivity contribution is 6.51. The molecule has 23 heavy (non-hydrogen) atoms. The highest BCUT2D eigenvalue weighted by atomic mass is 16.6. The van der Waals surface area contributed by atoms with Crippen molar-refractivity contribution < 1.29 is 9.72 Å². The number of benzene rings is 2. The molecule has 0 radical (unpaired) electrons. The molecule has 0 atom stereocenters. The van der Waals surface area contributed by atoms with E-state index in [0.717, 1.165) is 5.56 Å². The molecule has 0 amide bonds. The van der Waals surface area contributed by atoms with E-state index in [1.807, 2.05) is 6.92 Å². The van der Waals surface area contributed by atoms with Gasteiger partial charge >= 0.3 is 0 Å². The van der Waals surface area contributed by atoms with Gasteiger partial charge in [-0.1, -0.05) is 29.8 Å². The zero-order chi connectivity index (χ0) is 16.8. The van der Waals surface area contributed by atoms with Gasteiger partial charge in [-0.15, -0.1) is 0 Å². The summed E-state index contributed by atoms with van der Waals surface area (Å²) in [5, 5.41) is 23.4. The Balaban J connectivity index is 2.15. The van der Waals surface area contributed by atoms with Gasteiger partial charge in [-0.25, -0.2) is 0 Å². The number of hydrazone groups is 1. The Morgan fingerprint density at radius 1 is 1.17 bits per heavy atom. The fourth-order valence-corrected chi connectivity index (χ4v) is 1.75. The normalized spacial score (nSPS) is 10.7. The van der Waals surface area contributed by atoms with Crippen molar-refractivity contribution in [2.75, 3.05) is 5.43 Å². The molecule has 0 unspecified atom stereocenters. The minimum Gasteiger partial charge on any atom is -0.286 e. The van der Waals surface area contributed by atoms with Gasteiger partial charge in [0.15, 0.2) is 0 Å². The summed E-state index contributed by atoms with van der Waals surface area (Å²) in [6.45, 7) is 1.89. The average molecular weight is 308 g/mol. The Labute approximate surface area is 132 Å². The summed E-state index contributed by atoms with van der Waals surface area (Å²) in [7, 11) is 0. The van der Waals surface area contributed by atoms with Gasteiger partial charge in [-0.05, 0) is 19.1 Å². The first-order chi connectivity index (χ1) is 11.0. The van der Waals surface area contributed by atoms with Crippen LogP contribution in [0, 0.1) is 28.4 Å². The monoisotopic (exact) mass is 308 g/mol. The van der Waals surface area contributed by atoms with E-state index in [9.17, 15) is 14.9 Å². The number of non-ortho nitro benzene ring substituents is 1. The second kappa shape index (κ2) is 6.95. The second-order valence-corrected chi connectivity index (χ2v) is 4.68. The van der Waals surface area contributed by atoms with Crippen LogP contribution >= 0.6 is 0 Å². The van der Waals surface area contributed by atoms with Crippen LogP contribution in [-0.4, -0.2) is 16.4 Å². The fraction of sp³-hybridized carbons (Fsp3) is 0.0625. The van der Waals surface area contributed by atoms with Crippen LogP contribution in [0.1, 0.15) is 15.9 Å². The molecule has 0 aliphatic rings. The maximum atomic E-state index is 12.2. The van der Waals surface area contributed by atoms with Crippen LogP contribution < -0.4 is 5.43 Å². The molecule has 2 aromatic rings. The Hall–Kier alpha value is -3.53. The van der Waals surface area contributed by atoms with Crippen molar-refractivity contribution in [3.63, 3.8) is 0 Å². The number of carbonyl (C=O) groups is 1. The standard InChI is InChI=1S/C16H12N4O3/c1-11-2-4-12(5-3-11)16(21)15(10-17)19-18-13-6-8-14(9-7-13)20(22)23/h2-9,18H,1H3. The molecule has 0 fully saturated rings. The highest BCUT2D eigenvalue weighted by Gasteiger charge is 2.13. The molecule has 2 rings (SSSR count). The summed E-state index contributed by atoms with van der Waals surface area (Å²) >= 11 is 0. The van der Waals surface area contributed by atoms with Gasteiger partial charge in [-0.2, -0.15) is 10.4 Å². The predicted molar refractivity (Wildman–Crippen MR) is 85.3 cm³/mol. The number of nitro groups is 1. The lowest BCUT2D eigenvalue weighted by atomic mass is 10.1. The Morgan fingerprint density at radius 3 is 2.30 bits per heavy atom. The number of ketones is 1. The lowest BCUT2D eigenvalue weighted by Crippen LogP contribution is -2.14. The maximum absolute atomic E-state index is 12.2. The lowest BCUT2D eigenvalue weighted by molar-refractivity contribution is -0.384. The molecule has 1 N–H and O–H groups in total. The topological polar surface area (TPSA) is 108 Å². The van der Waals surface area contributed by atoms with Crippen LogP contribution in [-0.2, 0) is 0 Å². The van der Waals surface area contributed by atoms with Crippen molar-refractivity contribution in [2.24, 2.45) is 5.10 Å². The number of Topliss-reactive ketones (excluding diaryl/α,β-unsaturated/α-hetero) is 1. The molecule has 7 nitrogen and oxygen atoms in total. The Bertz CT molecular complexity index is 803. The van der Waals surface area contributed by atoms with E-state index in [4.69, 9.17) is 5.26 Å². The Kier molecular flexibility index (Phi) is 4.79. The molecule has 0 heterocycles. The van der Waals surface area contributed by atoms with E-state index in [-0.39, 0.29) is 11.4 Å². The van der Waals surface area contributed by atoms with Crippen LogP contribution in [0.3, 0.4) is 0 Å². The largest absolute Gasteiger partial charge is 0.286 e. The zero-order valence-electron chi connectivity index (χ0n) is 12.2. The number of nitriles is 1. The summed E-state index contributed by atoms with van der Waals surface area (Å²) in [5.74, 6) is -0.498. The maximum Gasteiger partial charge on any atom is 0.269 e. The average Bonchev–Trinajstić information content (AvgIpc) is 2.56. The predicted octanol–water partition coefficient (Wildman–Crippen LogP) is 3.08. The molecule has 0 aliphatic heterocycles. The molecule has 0 saturated heterocycles. The quantitative estimate of drug-likeness (QED) is 0.395. The number of rotatable bonds is 5. The minimum atomic E-state index is -0.519. The first kappa shape index (κ1) is 15.9. The third-order valence-electron chi connectivity index (χ3n) is 3.01. The lowest BCUT2D eigenvalue weighted by Gasteiger charge is -2.02. The molecule has 114 valence electrons. The van der Waals surface area contributed by atoms with Crippen LogP contribution in [0.5, 0.6) is 0 Å². The summed E-state index contributed by atoms with van der Waals surface area (Å²) in [6.07, 6.45) is 0. The third-order valence-corrected chi connectivity index (χ3v) is 3.01. The van der Waals surface area contributed by atoms with Crippen molar-refractivity contribution in [1.29, 1.82) is 5.26 Å². The van der Waals surface area contributed by atoms with E-state index < -0.39 is 10.7 Å². The molecular weight excluding hydrogens is 296 g/mol. The molecule has 0 aromatic heterocycles. The first-order valence-corrected chi connectivity index (χ1v) is 6.61. The van der Waals surface area contributed by atoms with E-state index in [1.165, 1.54) is 24.3 Å². The van der Waals surface area contributed by atoms with Crippen LogP contribution in [0.2, 0.25) is 0 Å². The molecule has 0 bridgehead atoms. The molecule has 0 saturated carbocycles. The van der Waals surface area contributed by atoms with Gasteiger partial charge in [0.05, 0.1) is 10.6 Å². The first-order valence-electron chi connectivity index (χ1n) is 6.61. The van der Waals surface area contributed by atoms with Gasteiger partial charge in [0, 0.05) is 17.7 Å². The van der Waals surface area contributed by atoms with Crippen molar-refractivity contribution in [1.82, 2.24) is 0 Å². The summed E-state index contributed by atoms with van der Waals surface area (Å²) in [6, 6.07) is 14.0. The fourth-order valence-electron chi connectivity index (χ4n) is 1.75. The SMILES string of the molecule is Cc1ccc(C(=O)C(C#N)=NNc2ccc([N+](=O)[O-])cc2)cc1. The van der Waals surface area contributed by atoms with Crippen LogP contribution in [0.25, 0.3) is 0 Å². The number of hydrogen-bond acceptors (Lipinski definition) is 6. The minimum absolute atomic E-state index is 0.0595. The molecule has 7 heteroatoms. The summed E-state index contributed by atoms with van der Waals surface area (Å²) in [5.41, 5.74) is 3.98. The number of carbonyl (C=O) groups excluding carboxylic acids is 1. The second-order valence-electron chi connectivity index (χ2n) is 4.68. The number of nitrogens with one attached hydrogen (secondary N) is 1. The number of aryl methyl sites for hydroxylation is 1. The molecular formula is C16H12N4O3. The number of hydrogen-bond donors (Lipinski definition) is 1. The van der Waals surface area contributed by atoms with Crippen molar-refractivity contribution in [3.8, 4) is 6.07 Å². The van der Waals surface area contributed by atoms with Gasteiger partial charge in [-0.3, -0.25) is 20.3 Å². The number of nitro benzene ring substituents is 1. The van der Waals surface area contributed by atoms with E-state index in [0.29, 0.717) is 11.3 Å². The number of anilines is 1. The molecule has 0 spiro atoms. The van der Waals surface area contributed by atoms with E-state index in [1.54, 1.807) is 30.3 Å². The van der Waals surface area contributed by atoms with Gasteiger partial charge in [0.2, 0.25) is 11.5 Å². The molecule has 2 aromatic carbocycles. The third kappa shape index (κ3) is 3.98. The zero-order valence-corrected chi connectivity index (χ0v) is 12.2. The summed E-state index contributed by atoms with van der Waals surface area (Å²) < 4.78 is 0. The van der Waals surface area contributed by atoms with Crippen molar-refractivity contribution in [2.45, 2.75) is 6.92 Å². The van der Waals surface area contributed by atoms with E-state index >= 15 is 0 Å². The van der Waals surface area contributed by atoms with Gasteiger partial charge in [0.1, 0.15) is 6.07 Å². The number of nitrogens with zero attached hydrogens (tertiary/aromatic N) is 3.